The average Bonchev–Trinajstić information content (AvgIpc) is 2.89. The zero-order valence-electron chi connectivity index (χ0n) is 19.4. The van der Waals surface area contributed by atoms with Crippen LogP contribution in [-0.2, 0) is 0 Å². The molecular formula is C25H18F3N3O8. The van der Waals surface area contributed by atoms with Crippen LogP contribution in [0.3, 0.4) is 0 Å². The number of halogens is 3. The van der Waals surface area contributed by atoms with Gasteiger partial charge in [0, 0.05) is 6.07 Å². The van der Waals surface area contributed by atoms with E-state index in [0.717, 1.165) is 6.07 Å². The molecule has 0 aliphatic rings. The van der Waals surface area contributed by atoms with Gasteiger partial charge >= 0.3 is 11.9 Å². The van der Waals surface area contributed by atoms with Crippen molar-refractivity contribution in [3.8, 4) is 34.6 Å². The van der Waals surface area contributed by atoms with Crippen LogP contribution >= 0.6 is 0 Å². The number of nitrogens with zero attached hydrogens (tertiary/aromatic N) is 1. The van der Waals surface area contributed by atoms with Crippen LogP contribution in [0.15, 0.2) is 60.7 Å². The van der Waals surface area contributed by atoms with Gasteiger partial charge in [-0.15, -0.1) is 0 Å². The van der Waals surface area contributed by atoms with Crippen molar-refractivity contribution in [3.63, 3.8) is 0 Å². The maximum atomic E-state index is 14.6. The number of nitrogens with two attached hydrogens (primary N) is 2. The molecule has 0 fully saturated rings. The number of rotatable bonds is 6. The molecule has 0 aliphatic carbocycles. The smallest absolute Gasteiger partial charge is 0.339 e. The molecule has 0 saturated carbocycles. The number of nitrogen functional groups attached to an aromatic ring is 2. The second-order valence-corrected chi connectivity index (χ2v) is 7.47. The summed E-state index contributed by atoms with van der Waals surface area (Å²) in [5, 5.41) is 35.9. The molecule has 4 rings (SSSR count). The van der Waals surface area contributed by atoms with Gasteiger partial charge in [-0.2, -0.15) is 18.2 Å². The number of aromatic hydroxyl groups is 2. The lowest BCUT2D eigenvalue weighted by molar-refractivity contribution is 0.0684. The number of hydrogen-bond acceptors (Lipinski definition) is 9. The number of pyridine rings is 1. The second kappa shape index (κ2) is 11.6. The van der Waals surface area contributed by atoms with Crippen molar-refractivity contribution < 1.29 is 52.7 Å². The highest BCUT2D eigenvalue weighted by Crippen LogP contribution is 2.36. The van der Waals surface area contributed by atoms with E-state index in [2.05, 4.69) is 4.98 Å². The van der Waals surface area contributed by atoms with Crippen molar-refractivity contribution in [1.82, 2.24) is 4.98 Å². The summed E-state index contributed by atoms with van der Waals surface area (Å²) in [5.41, 5.74) is 10.5. The van der Waals surface area contributed by atoms with E-state index < -0.39 is 46.9 Å². The Morgan fingerprint density at radius 2 is 1.41 bits per heavy atom. The van der Waals surface area contributed by atoms with Crippen LogP contribution in [0.1, 0.15) is 20.7 Å². The van der Waals surface area contributed by atoms with Gasteiger partial charge in [0.25, 0.3) is 11.8 Å². The number of carbonyl (C=O) groups is 2. The molecule has 0 bridgehead atoms. The van der Waals surface area contributed by atoms with Crippen molar-refractivity contribution in [2.24, 2.45) is 0 Å². The van der Waals surface area contributed by atoms with E-state index in [-0.39, 0.29) is 39.8 Å². The zero-order chi connectivity index (χ0) is 28.9. The van der Waals surface area contributed by atoms with E-state index in [4.69, 9.17) is 36.3 Å². The van der Waals surface area contributed by atoms with Crippen molar-refractivity contribution in [3.05, 3.63) is 89.4 Å². The van der Waals surface area contributed by atoms with Gasteiger partial charge in [0.05, 0.1) is 16.9 Å². The second-order valence-electron chi connectivity index (χ2n) is 7.47. The first kappa shape index (κ1) is 27.9. The molecule has 39 heavy (non-hydrogen) atoms. The van der Waals surface area contributed by atoms with E-state index in [1.54, 1.807) is 0 Å². The van der Waals surface area contributed by atoms with Gasteiger partial charge in [0.2, 0.25) is 17.4 Å². The summed E-state index contributed by atoms with van der Waals surface area (Å²) in [6.45, 7) is 0. The van der Waals surface area contributed by atoms with Crippen molar-refractivity contribution >= 4 is 23.3 Å². The molecule has 0 spiro atoms. The van der Waals surface area contributed by atoms with Gasteiger partial charge in [-0.25, -0.2) is 9.59 Å². The van der Waals surface area contributed by atoms with E-state index in [1.165, 1.54) is 54.6 Å². The Kier molecular flexibility index (Phi) is 8.30. The van der Waals surface area contributed by atoms with Gasteiger partial charge in [0.15, 0.2) is 5.75 Å². The summed E-state index contributed by atoms with van der Waals surface area (Å²) in [6, 6.07) is 12.3. The number of para-hydroxylation sites is 1. The summed E-state index contributed by atoms with van der Waals surface area (Å²) in [6.07, 6.45) is 0. The topological polar surface area (TPSA) is 198 Å². The van der Waals surface area contributed by atoms with Crippen LogP contribution in [0, 0.1) is 17.6 Å². The minimum atomic E-state index is -1.71. The third-order valence-electron chi connectivity index (χ3n) is 4.80. The maximum Gasteiger partial charge on any atom is 0.339 e. The first-order valence-corrected chi connectivity index (χ1v) is 10.5. The SMILES string of the molecule is Nc1ccc(Oc2c(F)c(F)nc(Oc3ccc(C(=O)O)cc3)c2F)cc1O.Nc1cccc(C(=O)O)c1O. The lowest BCUT2D eigenvalue weighted by Gasteiger charge is -2.12. The molecule has 4 aromatic rings. The largest absolute Gasteiger partial charge is 0.506 e. The summed E-state index contributed by atoms with van der Waals surface area (Å²) in [4.78, 5) is 24.2. The Hall–Kier alpha value is -5.66. The number of anilines is 2. The van der Waals surface area contributed by atoms with Crippen molar-refractivity contribution in [2.45, 2.75) is 0 Å². The summed E-state index contributed by atoms with van der Waals surface area (Å²) in [7, 11) is 0. The van der Waals surface area contributed by atoms with E-state index in [0.29, 0.717) is 0 Å². The molecule has 1 aromatic heterocycles. The zero-order valence-corrected chi connectivity index (χ0v) is 19.4. The maximum absolute atomic E-state index is 14.6. The van der Waals surface area contributed by atoms with E-state index in [1.807, 2.05) is 0 Å². The van der Waals surface area contributed by atoms with Gasteiger partial charge in [-0.3, -0.25) is 0 Å². The fraction of sp³-hybridized carbons (Fsp3) is 0. The summed E-state index contributed by atoms with van der Waals surface area (Å²) in [5.74, 6) is -10.4. The predicted octanol–water partition coefficient (Wildman–Crippen LogP) is 4.74. The first-order valence-electron chi connectivity index (χ1n) is 10.5. The van der Waals surface area contributed by atoms with Crippen LogP contribution in [0.25, 0.3) is 0 Å². The average molecular weight is 545 g/mol. The third kappa shape index (κ3) is 6.56. The number of carboxylic acid groups (broad SMARTS) is 2. The number of carboxylic acids is 2. The number of benzene rings is 3. The Morgan fingerprint density at radius 1 is 0.769 bits per heavy atom. The molecule has 1 heterocycles. The lowest BCUT2D eigenvalue weighted by atomic mass is 10.2. The Labute approximate surface area is 216 Å². The number of phenols is 2. The number of aromatic carboxylic acids is 2. The van der Waals surface area contributed by atoms with Gasteiger partial charge in [0.1, 0.15) is 22.8 Å². The van der Waals surface area contributed by atoms with E-state index >= 15 is 0 Å². The Bertz CT molecular complexity index is 1550. The minimum Gasteiger partial charge on any atom is -0.506 e. The number of aromatic nitrogens is 1. The third-order valence-corrected chi connectivity index (χ3v) is 4.80. The molecule has 8 N–H and O–H groups in total. The van der Waals surface area contributed by atoms with Crippen molar-refractivity contribution in [2.75, 3.05) is 11.5 Å². The van der Waals surface area contributed by atoms with Crippen LogP contribution in [0.5, 0.6) is 34.6 Å². The fourth-order valence-electron chi connectivity index (χ4n) is 2.85. The molecule has 11 nitrogen and oxygen atoms in total. The molecular weight excluding hydrogens is 527 g/mol. The monoisotopic (exact) mass is 545 g/mol. The van der Waals surface area contributed by atoms with Gasteiger partial charge < -0.3 is 41.4 Å². The molecule has 0 aliphatic heterocycles. The fourth-order valence-corrected chi connectivity index (χ4v) is 2.85. The van der Waals surface area contributed by atoms with Crippen LogP contribution < -0.4 is 20.9 Å². The molecule has 3 aromatic carbocycles. The number of ether oxygens (including phenoxy) is 2. The molecule has 0 atom stereocenters. The molecule has 14 heteroatoms. The summed E-state index contributed by atoms with van der Waals surface area (Å²) < 4.78 is 52.4. The summed E-state index contributed by atoms with van der Waals surface area (Å²) >= 11 is 0. The number of phenolic OH excluding ortho intramolecular Hbond substituents is 1. The standard InChI is InChI=1S/C18H11F3N2O5.C7H7NO3/c19-13-15(27-10-5-6-11(22)12(24)7-10)14(20)17(23-16(13)21)28-9-3-1-8(2-4-9)18(25)26;8-5-3-1-2-4(6(5)9)7(10)11/h1-7,24H,22H2,(H,25,26);1-3,9H,8H2,(H,10,11). The van der Waals surface area contributed by atoms with Gasteiger partial charge in [-0.05, 0) is 48.5 Å². The Morgan fingerprint density at radius 3 is 1.97 bits per heavy atom. The molecule has 0 amide bonds. The van der Waals surface area contributed by atoms with Crippen LogP contribution in [0.4, 0.5) is 24.5 Å². The quantitative estimate of drug-likeness (QED) is 0.111. The predicted molar refractivity (Wildman–Crippen MR) is 130 cm³/mol. The van der Waals surface area contributed by atoms with Gasteiger partial charge in [-0.1, -0.05) is 6.07 Å². The van der Waals surface area contributed by atoms with E-state index in [9.17, 15) is 27.9 Å². The van der Waals surface area contributed by atoms with Crippen molar-refractivity contribution in [1.29, 1.82) is 0 Å². The molecule has 0 saturated heterocycles. The molecule has 202 valence electrons. The minimum absolute atomic E-state index is 0.00281. The molecule has 0 unspecified atom stereocenters. The number of hydrogen-bond donors (Lipinski definition) is 6. The normalized spacial score (nSPS) is 10.2. The first-order chi connectivity index (χ1) is 18.4. The molecule has 0 radical (unpaired) electrons. The van der Waals surface area contributed by atoms with Crippen LogP contribution in [-0.4, -0.2) is 37.3 Å². The lowest BCUT2D eigenvalue weighted by Crippen LogP contribution is -2.03. The Balaban J connectivity index is 0.000000320. The highest BCUT2D eigenvalue weighted by molar-refractivity contribution is 5.92. The van der Waals surface area contributed by atoms with Crippen LogP contribution in [0.2, 0.25) is 0 Å². The highest BCUT2D eigenvalue weighted by atomic mass is 19.2. The highest BCUT2D eigenvalue weighted by Gasteiger charge is 2.24.